The molecule has 158 valence electrons. The zero-order chi connectivity index (χ0) is 21.8. The lowest BCUT2D eigenvalue weighted by atomic mass is 9.96. The van der Waals surface area contributed by atoms with E-state index in [0.29, 0.717) is 27.1 Å². The Morgan fingerprint density at radius 1 is 1.19 bits per heavy atom. The fourth-order valence-electron chi connectivity index (χ4n) is 3.62. The molecule has 0 saturated heterocycles. The van der Waals surface area contributed by atoms with Crippen molar-refractivity contribution < 1.29 is 9.47 Å². The summed E-state index contributed by atoms with van der Waals surface area (Å²) in [6.07, 6.45) is 6.02. The summed E-state index contributed by atoms with van der Waals surface area (Å²) >= 11 is 13.9. The molecule has 1 aliphatic carbocycles. The molecule has 0 radical (unpaired) electrons. The van der Waals surface area contributed by atoms with E-state index < -0.39 is 0 Å². The third-order valence-electron chi connectivity index (χ3n) is 5.20. The number of ether oxygens (including phenoxy) is 2. The minimum absolute atomic E-state index is 0.258. The average Bonchev–Trinajstić information content (AvgIpc) is 3.14. The lowest BCUT2D eigenvalue weighted by Crippen LogP contribution is -2.01. The van der Waals surface area contributed by atoms with Crippen molar-refractivity contribution in [3.63, 3.8) is 0 Å². The third kappa shape index (κ3) is 4.72. The number of halogens is 2. The highest BCUT2D eigenvalue weighted by Crippen LogP contribution is 2.40. The number of nitrogens with zero attached hydrogens (tertiary/aromatic N) is 2. The number of hydrogen-bond acceptors (Lipinski definition) is 5. The van der Waals surface area contributed by atoms with Crippen LogP contribution in [0, 0.1) is 11.3 Å². The Bertz CT molecular complexity index is 1180. The lowest BCUT2D eigenvalue weighted by molar-refractivity contribution is 0.284. The predicted octanol–water partition coefficient (Wildman–Crippen LogP) is 7.14. The molecule has 1 heterocycles. The largest absolute Gasteiger partial charge is 0.493 e. The Kier molecular flexibility index (Phi) is 6.82. The molecule has 2 aromatic carbocycles. The molecule has 4 nitrogen and oxygen atoms in total. The molecular weight excluding hydrogens is 451 g/mol. The molecule has 1 aliphatic rings. The van der Waals surface area contributed by atoms with Crippen LogP contribution < -0.4 is 9.47 Å². The third-order valence-corrected chi connectivity index (χ3v) is 6.99. The van der Waals surface area contributed by atoms with Gasteiger partial charge in [0, 0.05) is 32.3 Å². The smallest absolute Gasteiger partial charge is 0.170 e. The van der Waals surface area contributed by atoms with Gasteiger partial charge in [-0.2, -0.15) is 5.26 Å². The summed E-state index contributed by atoms with van der Waals surface area (Å²) in [6, 6.07) is 13.3. The van der Waals surface area contributed by atoms with Crippen LogP contribution in [-0.4, -0.2) is 13.3 Å². The van der Waals surface area contributed by atoms with Crippen molar-refractivity contribution in [1.82, 2.24) is 0 Å². The highest BCUT2D eigenvalue weighted by molar-refractivity contribution is 7.16. The molecule has 0 unspecified atom stereocenters. The predicted molar refractivity (Wildman–Crippen MR) is 127 cm³/mol. The number of aryl methyl sites for hydroxylation is 1. The number of methoxy groups -OCH3 is 1. The van der Waals surface area contributed by atoms with Crippen LogP contribution in [0.15, 0.2) is 41.4 Å². The van der Waals surface area contributed by atoms with E-state index in [2.05, 4.69) is 11.1 Å². The number of aliphatic imine (C=N–C) groups is 1. The van der Waals surface area contributed by atoms with Crippen molar-refractivity contribution in [3.8, 4) is 17.6 Å². The van der Waals surface area contributed by atoms with Crippen LogP contribution in [0.5, 0.6) is 11.5 Å². The zero-order valence-electron chi connectivity index (χ0n) is 17.0. The first-order valence-corrected chi connectivity index (χ1v) is 11.5. The molecule has 0 fully saturated rings. The van der Waals surface area contributed by atoms with E-state index in [0.717, 1.165) is 35.4 Å². The molecule has 0 N–H and O–H groups in total. The summed E-state index contributed by atoms with van der Waals surface area (Å²) in [6.45, 7) is 0.258. The summed E-state index contributed by atoms with van der Waals surface area (Å²) < 4.78 is 11.6. The maximum Gasteiger partial charge on any atom is 0.170 e. The monoisotopic (exact) mass is 470 g/mol. The van der Waals surface area contributed by atoms with E-state index in [-0.39, 0.29) is 6.61 Å². The standard InChI is InChI=1S/C24H20Cl2N2O2S/c1-29-21-7-4-5-15(23(21)30-14-16-9-10-17(25)11-20(16)26)13-28-24-19(12-27)18-6-2-3-8-22(18)31-24/h4-5,7,9-11,13H,2-3,6,8,14H2,1H3/b28-13+. The van der Waals surface area contributed by atoms with Gasteiger partial charge in [0.05, 0.1) is 12.7 Å². The first kappa shape index (κ1) is 21.7. The van der Waals surface area contributed by atoms with Gasteiger partial charge in [-0.05, 0) is 55.5 Å². The van der Waals surface area contributed by atoms with Crippen LogP contribution in [0.3, 0.4) is 0 Å². The van der Waals surface area contributed by atoms with Crippen molar-refractivity contribution in [3.05, 3.63) is 73.6 Å². The van der Waals surface area contributed by atoms with Gasteiger partial charge in [-0.15, -0.1) is 11.3 Å². The molecule has 1 aromatic heterocycles. The van der Waals surface area contributed by atoms with Crippen molar-refractivity contribution in [2.45, 2.75) is 32.3 Å². The highest BCUT2D eigenvalue weighted by atomic mass is 35.5. The Morgan fingerprint density at radius 2 is 2.03 bits per heavy atom. The summed E-state index contributed by atoms with van der Waals surface area (Å²) in [4.78, 5) is 5.95. The summed E-state index contributed by atoms with van der Waals surface area (Å²) in [5.74, 6) is 1.17. The van der Waals surface area contributed by atoms with Crippen LogP contribution >= 0.6 is 34.5 Å². The van der Waals surface area contributed by atoms with Crippen molar-refractivity contribution in [2.75, 3.05) is 7.11 Å². The maximum absolute atomic E-state index is 9.67. The molecule has 0 saturated carbocycles. The average molecular weight is 471 g/mol. The van der Waals surface area contributed by atoms with Gasteiger partial charge in [0.1, 0.15) is 17.7 Å². The topological polar surface area (TPSA) is 54.6 Å². The van der Waals surface area contributed by atoms with E-state index in [1.165, 1.54) is 16.9 Å². The minimum Gasteiger partial charge on any atom is -0.493 e. The highest BCUT2D eigenvalue weighted by Gasteiger charge is 2.20. The van der Waals surface area contributed by atoms with E-state index >= 15 is 0 Å². The van der Waals surface area contributed by atoms with Crippen LogP contribution in [0.1, 0.15) is 40.0 Å². The van der Waals surface area contributed by atoms with E-state index in [1.54, 1.807) is 36.8 Å². The quantitative estimate of drug-likeness (QED) is 0.359. The minimum atomic E-state index is 0.258. The molecule has 3 aromatic rings. The first-order valence-electron chi connectivity index (χ1n) is 9.93. The van der Waals surface area contributed by atoms with E-state index in [1.807, 2.05) is 24.3 Å². The van der Waals surface area contributed by atoms with Crippen LogP contribution in [0.2, 0.25) is 10.0 Å². The lowest BCUT2D eigenvalue weighted by Gasteiger charge is -2.14. The van der Waals surface area contributed by atoms with Gasteiger partial charge in [0.25, 0.3) is 0 Å². The second-order valence-electron chi connectivity index (χ2n) is 7.16. The SMILES string of the molecule is COc1cccc(/C=N/c2sc3c(c2C#N)CCCC3)c1OCc1ccc(Cl)cc1Cl. The van der Waals surface area contributed by atoms with E-state index in [9.17, 15) is 5.26 Å². The number of rotatable bonds is 6. The Morgan fingerprint density at radius 3 is 2.81 bits per heavy atom. The second kappa shape index (κ2) is 9.74. The first-order chi connectivity index (χ1) is 15.1. The normalized spacial score (nSPS) is 13.1. The molecule has 4 rings (SSSR count). The van der Waals surface area contributed by atoms with Gasteiger partial charge >= 0.3 is 0 Å². The van der Waals surface area contributed by atoms with Gasteiger partial charge in [-0.25, -0.2) is 4.99 Å². The van der Waals surface area contributed by atoms with Gasteiger partial charge < -0.3 is 9.47 Å². The maximum atomic E-state index is 9.67. The summed E-state index contributed by atoms with van der Waals surface area (Å²) in [5, 5.41) is 11.5. The molecule has 0 amide bonds. The Hall–Kier alpha value is -2.52. The number of benzene rings is 2. The Balaban J connectivity index is 1.63. The number of nitriles is 1. The van der Waals surface area contributed by atoms with Gasteiger partial charge in [-0.3, -0.25) is 0 Å². The molecular formula is C24H20Cl2N2O2S. The molecule has 0 atom stereocenters. The second-order valence-corrected chi connectivity index (χ2v) is 9.09. The molecule has 0 spiro atoms. The molecule has 0 bridgehead atoms. The number of hydrogen-bond donors (Lipinski definition) is 0. The van der Waals surface area contributed by atoms with Crippen LogP contribution in [-0.2, 0) is 19.4 Å². The Labute approximate surface area is 195 Å². The fraction of sp³-hybridized carbons (Fsp3) is 0.250. The van der Waals surface area contributed by atoms with E-state index in [4.69, 9.17) is 32.7 Å². The molecule has 7 heteroatoms. The van der Waals surface area contributed by atoms with Gasteiger partial charge in [0.15, 0.2) is 11.5 Å². The molecule has 0 aliphatic heterocycles. The number of thiophene rings is 1. The molecule has 31 heavy (non-hydrogen) atoms. The van der Waals surface area contributed by atoms with Crippen LogP contribution in [0.25, 0.3) is 0 Å². The van der Waals surface area contributed by atoms with Crippen molar-refractivity contribution >= 4 is 45.8 Å². The van der Waals surface area contributed by atoms with Gasteiger partial charge in [-0.1, -0.05) is 35.3 Å². The number of para-hydroxylation sites is 1. The van der Waals surface area contributed by atoms with Crippen molar-refractivity contribution in [1.29, 1.82) is 5.26 Å². The van der Waals surface area contributed by atoms with Crippen molar-refractivity contribution in [2.24, 2.45) is 4.99 Å². The summed E-state index contributed by atoms with van der Waals surface area (Å²) in [5.41, 5.74) is 3.46. The number of fused-ring (bicyclic) bond motifs is 1. The summed E-state index contributed by atoms with van der Waals surface area (Å²) in [7, 11) is 1.60. The zero-order valence-corrected chi connectivity index (χ0v) is 19.3. The fourth-order valence-corrected chi connectivity index (χ4v) is 5.27. The van der Waals surface area contributed by atoms with Crippen LogP contribution in [0.4, 0.5) is 5.00 Å². The van der Waals surface area contributed by atoms with Gasteiger partial charge in [0.2, 0.25) is 0 Å².